The van der Waals surface area contributed by atoms with Gasteiger partial charge in [0, 0.05) is 37.4 Å². The number of carbonyl (C=O) groups is 1. The van der Waals surface area contributed by atoms with Gasteiger partial charge in [-0.1, -0.05) is 25.1 Å². The van der Waals surface area contributed by atoms with Crippen molar-refractivity contribution in [1.29, 1.82) is 0 Å². The summed E-state index contributed by atoms with van der Waals surface area (Å²) in [6.07, 6.45) is 0.273. The Bertz CT molecular complexity index is 732. The van der Waals surface area contributed by atoms with Crippen LogP contribution in [0.25, 0.3) is 11.0 Å². The number of likely N-dealkylation sites (N-methyl/N-ethyl adjacent to an activating group) is 1. The first kappa shape index (κ1) is 18.7. The molecule has 132 valence electrons. The normalized spacial score (nSPS) is 19.2. The Morgan fingerprint density at radius 1 is 1.42 bits per heavy atom. The number of aryl methyl sites for hydroxylation is 1. The van der Waals surface area contributed by atoms with Gasteiger partial charge in [-0.15, -0.1) is 12.4 Å². The lowest BCUT2D eigenvalue weighted by Crippen LogP contribution is -2.41. The third-order valence-corrected chi connectivity index (χ3v) is 4.28. The summed E-state index contributed by atoms with van der Waals surface area (Å²) >= 11 is 0. The molecule has 1 N–H and O–H groups in total. The number of alkyl halides is 2. The highest BCUT2D eigenvalue weighted by Crippen LogP contribution is 2.29. The molecule has 0 aliphatic carbocycles. The third-order valence-electron chi connectivity index (χ3n) is 4.28. The van der Waals surface area contributed by atoms with E-state index in [1.165, 1.54) is 4.90 Å². The van der Waals surface area contributed by atoms with Gasteiger partial charge in [0.15, 0.2) is 0 Å². The summed E-state index contributed by atoms with van der Waals surface area (Å²) in [7, 11) is 1.64. The van der Waals surface area contributed by atoms with Crippen molar-refractivity contribution in [1.82, 2.24) is 10.2 Å². The fraction of sp³-hybridized carbons (Fsp3) is 0.471. The number of halogens is 3. The number of amides is 1. The van der Waals surface area contributed by atoms with Gasteiger partial charge >= 0.3 is 0 Å². The van der Waals surface area contributed by atoms with Crippen LogP contribution in [0.1, 0.15) is 24.7 Å². The van der Waals surface area contributed by atoms with E-state index in [1.54, 1.807) is 7.05 Å². The Kier molecular flexibility index (Phi) is 5.50. The van der Waals surface area contributed by atoms with Gasteiger partial charge in [0.25, 0.3) is 5.92 Å². The molecule has 1 atom stereocenters. The van der Waals surface area contributed by atoms with Crippen molar-refractivity contribution in [3.63, 3.8) is 0 Å². The SMILES string of the molecule is CCc1oc2ccccc2c1CN(C)C(=O)C1CC(F)(F)CN1.Cl. The van der Waals surface area contributed by atoms with Gasteiger partial charge in [-0.3, -0.25) is 10.1 Å². The number of benzene rings is 1. The maximum atomic E-state index is 13.3. The van der Waals surface area contributed by atoms with E-state index in [4.69, 9.17) is 4.42 Å². The number of hydrogen-bond acceptors (Lipinski definition) is 3. The minimum absolute atomic E-state index is 0. The van der Waals surface area contributed by atoms with E-state index < -0.39 is 24.9 Å². The molecular formula is C17H21ClF2N2O2. The quantitative estimate of drug-likeness (QED) is 0.911. The molecule has 1 amide bonds. The molecule has 1 aromatic carbocycles. The molecule has 0 saturated carbocycles. The van der Waals surface area contributed by atoms with Gasteiger partial charge in [0.2, 0.25) is 5.91 Å². The Labute approximate surface area is 145 Å². The summed E-state index contributed by atoms with van der Waals surface area (Å²) in [5.41, 5.74) is 1.73. The summed E-state index contributed by atoms with van der Waals surface area (Å²) in [5, 5.41) is 3.57. The van der Waals surface area contributed by atoms with Crippen LogP contribution >= 0.6 is 12.4 Å². The van der Waals surface area contributed by atoms with Crippen molar-refractivity contribution < 1.29 is 18.0 Å². The lowest BCUT2D eigenvalue weighted by atomic mass is 10.1. The smallest absolute Gasteiger partial charge is 0.262 e. The zero-order valence-electron chi connectivity index (χ0n) is 13.6. The maximum Gasteiger partial charge on any atom is 0.262 e. The highest BCUT2D eigenvalue weighted by Gasteiger charge is 2.43. The second-order valence-electron chi connectivity index (χ2n) is 6.04. The van der Waals surface area contributed by atoms with E-state index in [9.17, 15) is 13.6 Å². The maximum absolute atomic E-state index is 13.3. The first-order valence-corrected chi connectivity index (χ1v) is 7.77. The summed E-state index contributed by atoms with van der Waals surface area (Å²) in [6.45, 7) is 1.90. The van der Waals surface area contributed by atoms with Crippen molar-refractivity contribution in [3.05, 3.63) is 35.6 Å². The number of furan rings is 1. The molecule has 0 bridgehead atoms. The minimum atomic E-state index is -2.81. The third kappa shape index (κ3) is 3.54. The van der Waals surface area contributed by atoms with Gasteiger partial charge in [-0.25, -0.2) is 8.78 Å². The Balaban J connectivity index is 0.00000208. The first-order chi connectivity index (χ1) is 10.9. The molecule has 0 radical (unpaired) electrons. The van der Waals surface area contributed by atoms with Gasteiger partial charge in [0.05, 0.1) is 12.6 Å². The van der Waals surface area contributed by atoms with Gasteiger partial charge in [-0.05, 0) is 6.07 Å². The van der Waals surface area contributed by atoms with E-state index in [1.807, 2.05) is 31.2 Å². The van der Waals surface area contributed by atoms with Crippen molar-refractivity contribution in [3.8, 4) is 0 Å². The number of rotatable bonds is 4. The summed E-state index contributed by atoms with van der Waals surface area (Å²) in [4.78, 5) is 13.9. The predicted molar refractivity (Wildman–Crippen MR) is 90.7 cm³/mol. The molecule has 7 heteroatoms. The second kappa shape index (κ2) is 7.07. The number of carbonyl (C=O) groups excluding carboxylic acids is 1. The number of para-hydroxylation sites is 1. The zero-order valence-corrected chi connectivity index (χ0v) is 14.5. The van der Waals surface area contributed by atoms with Crippen LogP contribution in [0.5, 0.6) is 0 Å². The minimum Gasteiger partial charge on any atom is -0.461 e. The molecule has 2 aromatic rings. The molecule has 2 heterocycles. The number of hydrogen-bond donors (Lipinski definition) is 1. The van der Waals surface area contributed by atoms with Crippen molar-refractivity contribution in [2.45, 2.75) is 38.3 Å². The van der Waals surface area contributed by atoms with E-state index in [0.717, 1.165) is 22.3 Å². The summed E-state index contributed by atoms with van der Waals surface area (Å²) < 4.78 is 32.4. The Hall–Kier alpha value is -1.66. The molecular weight excluding hydrogens is 338 g/mol. The second-order valence-corrected chi connectivity index (χ2v) is 6.04. The molecule has 1 saturated heterocycles. The molecule has 4 nitrogen and oxygen atoms in total. The van der Waals surface area contributed by atoms with E-state index in [0.29, 0.717) is 13.0 Å². The summed E-state index contributed by atoms with van der Waals surface area (Å²) in [5.74, 6) is -2.29. The number of fused-ring (bicyclic) bond motifs is 1. The standard InChI is InChI=1S/C17H20F2N2O2.ClH/c1-3-14-12(11-6-4-5-7-15(11)23-14)9-21(2)16(22)13-8-17(18,19)10-20-13;/h4-7,13,20H,3,8-10H2,1-2H3;1H. The molecule has 1 aliphatic heterocycles. The van der Waals surface area contributed by atoms with Crippen molar-refractivity contribution >= 4 is 29.3 Å². The molecule has 1 aliphatic rings. The average Bonchev–Trinajstić information content (AvgIpc) is 3.07. The van der Waals surface area contributed by atoms with E-state index in [2.05, 4.69) is 5.32 Å². The van der Waals surface area contributed by atoms with Crippen LogP contribution < -0.4 is 5.32 Å². The molecule has 1 fully saturated rings. The largest absolute Gasteiger partial charge is 0.461 e. The van der Waals surface area contributed by atoms with Crippen LogP contribution in [0.4, 0.5) is 8.78 Å². The summed E-state index contributed by atoms with van der Waals surface area (Å²) in [6, 6.07) is 6.83. The van der Waals surface area contributed by atoms with Crippen molar-refractivity contribution in [2.24, 2.45) is 0 Å². The number of nitrogens with zero attached hydrogens (tertiary/aromatic N) is 1. The molecule has 1 aromatic heterocycles. The van der Waals surface area contributed by atoms with Crippen LogP contribution in [-0.2, 0) is 17.8 Å². The van der Waals surface area contributed by atoms with Gasteiger partial charge in [-0.2, -0.15) is 0 Å². The fourth-order valence-corrected chi connectivity index (χ4v) is 3.08. The molecule has 1 unspecified atom stereocenters. The highest BCUT2D eigenvalue weighted by atomic mass is 35.5. The predicted octanol–water partition coefficient (Wildman–Crippen LogP) is 3.37. The van der Waals surface area contributed by atoms with Crippen LogP contribution in [0.3, 0.4) is 0 Å². The fourth-order valence-electron chi connectivity index (χ4n) is 3.08. The number of nitrogens with one attached hydrogen (secondary N) is 1. The van der Waals surface area contributed by atoms with Gasteiger partial charge in [0.1, 0.15) is 11.3 Å². The van der Waals surface area contributed by atoms with Crippen LogP contribution in [0, 0.1) is 0 Å². The molecule has 3 rings (SSSR count). The highest BCUT2D eigenvalue weighted by molar-refractivity contribution is 5.85. The van der Waals surface area contributed by atoms with E-state index >= 15 is 0 Å². The monoisotopic (exact) mass is 358 g/mol. The lowest BCUT2D eigenvalue weighted by molar-refractivity contribution is -0.132. The van der Waals surface area contributed by atoms with Crippen LogP contribution in [0.15, 0.2) is 28.7 Å². The Morgan fingerprint density at radius 2 is 2.12 bits per heavy atom. The van der Waals surface area contributed by atoms with Crippen LogP contribution in [0.2, 0.25) is 0 Å². The average molecular weight is 359 g/mol. The van der Waals surface area contributed by atoms with Gasteiger partial charge < -0.3 is 9.32 Å². The lowest BCUT2D eigenvalue weighted by Gasteiger charge is -2.21. The molecule has 0 spiro atoms. The first-order valence-electron chi connectivity index (χ1n) is 7.77. The van der Waals surface area contributed by atoms with Crippen molar-refractivity contribution in [2.75, 3.05) is 13.6 Å². The molecule has 24 heavy (non-hydrogen) atoms. The van der Waals surface area contributed by atoms with Crippen LogP contribution in [-0.4, -0.2) is 36.4 Å². The topological polar surface area (TPSA) is 45.5 Å². The van der Waals surface area contributed by atoms with E-state index in [-0.39, 0.29) is 18.3 Å². The zero-order chi connectivity index (χ0) is 16.6. The Morgan fingerprint density at radius 3 is 2.75 bits per heavy atom.